The predicted molar refractivity (Wildman–Crippen MR) is 124 cm³/mol. The summed E-state index contributed by atoms with van der Waals surface area (Å²) >= 11 is 6.08. The van der Waals surface area contributed by atoms with Crippen molar-refractivity contribution in [3.63, 3.8) is 0 Å². The number of nitrogens with one attached hydrogen (secondary N) is 2. The summed E-state index contributed by atoms with van der Waals surface area (Å²) < 4.78 is 42.2. The highest BCUT2D eigenvalue weighted by atomic mass is 35.5. The maximum absolute atomic E-state index is 13.4. The van der Waals surface area contributed by atoms with Crippen molar-refractivity contribution >= 4 is 34.8 Å². The Bertz CT molecular complexity index is 1320. The van der Waals surface area contributed by atoms with Gasteiger partial charge in [-0.05, 0) is 44.1 Å². The summed E-state index contributed by atoms with van der Waals surface area (Å²) in [5.74, 6) is 0. The number of aromatic amines is 1. The summed E-state index contributed by atoms with van der Waals surface area (Å²) in [6.45, 7) is 1.96. The lowest BCUT2D eigenvalue weighted by atomic mass is 10.0. The highest BCUT2D eigenvalue weighted by Crippen LogP contribution is 2.36. The topological polar surface area (TPSA) is 58.5 Å². The van der Waals surface area contributed by atoms with Crippen molar-refractivity contribution in [1.29, 1.82) is 0 Å². The number of aromatic nitrogens is 4. The standard InChI is InChI=1S/C24H21ClF3N5/c25-22-3-1-2-21(24(26,27)28)19(22)5-4-15-11-30-23-20(15)10-16(12-31-23)17-13-32-33(14-17)18-6-8-29-9-7-18/h1-5,10-14,18,29H,6-9H2,(H,30,31)/b5-4+. The number of fused-ring (bicyclic) bond motifs is 1. The molecule has 5 nitrogen and oxygen atoms in total. The Labute approximate surface area is 193 Å². The van der Waals surface area contributed by atoms with Crippen molar-refractivity contribution in [1.82, 2.24) is 25.1 Å². The first kappa shape index (κ1) is 21.7. The molecule has 0 unspecified atom stereocenters. The number of pyridine rings is 1. The van der Waals surface area contributed by atoms with Gasteiger partial charge in [-0.25, -0.2) is 4.98 Å². The highest BCUT2D eigenvalue weighted by Gasteiger charge is 2.33. The quantitative estimate of drug-likeness (QED) is 0.373. The molecule has 0 atom stereocenters. The Morgan fingerprint density at radius 3 is 2.70 bits per heavy atom. The van der Waals surface area contributed by atoms with Crippen LogP contribution < -0.4 is 5.32 Å². The first-order chi connectivity index (χ1) is 15.9. The third kappa shape index (κ3) is 4.41. The van der Waals surface area contributed by atoms with Gasteiger partial charge >= 0.3 is 6.18 Å². The Balaban J connectivity index is 1.47. The molecule has 1 fully saturated rings. The average molecular weight is 472 g/mol. The number of benzene rings is 1. The molecule has 5 rings (SSSR count). The Hall–Kier alpha value is -3.10. The van der Waals surface area contributed by atoms with Gasteiger partial charge in [-0.1, -0.05) is 29.8 Å². The minimum atomic E-state index is -4.49. The second kappa shape index (κ2) is 8.68. The van der Waals surface area contributed by atoms with Crippen LogP contribution in [0.2, 0.25) is 5.02 Å². The van der Waals surface area contributed by atoms with Gasteiger partial charge in [-0.2, -0.15) is 18.3 Å². The zero-order valence-electron chi connectivity index (χ0n) is 17.5. The van der Waals surface area contributed by atoms with Crippen LogP contribution in [0, 0.1) is 0 Å². The van der Waals surface area contributed by atoms with Gasteiger partial charge in [-0.3, -0.25) is 4.68 Å². The molecule has 0 saturated carbocycles. The minimum absolute atomic E-state index is 0.0463. The van der Waals surface area contributed by atoms with E-state index in [9.17, 15) is 13.2 Å². The van der Waals surface area contributed by atoms with Crippen LogP contribution in [0.4, 0.5) is 13.2 Å². The van der Waals surface area contributed by atoms with Gasteiger partial charge in [0.2, 0.25) is 0 Å². The van der Waals surface area contributed by atoms with Gasteiger partial charge in [0.1, 0.15) is 5.65 Å². The third-order valence-corrected chi connectivity index (χ3v) is 6.30. The van der Waals surface area contributed by atoms with Crippen molar-refractivity contribution in [3.05, 3.63) is 70.8 Å². The van der Waals surface area contributed by atoms with Crippen molar-refractivity contribution in [2.24, 2.45) is 0 Å². The average Bonchev–Trinajstić information content (AvgIpc) is 3.45. The molecular formula is C24H21ClF3N5. The summed E-state index contributed by atoms with van der Waals surface area (Å²) in [5, 5.41) is 8.75. The van der Waals surface area contributed by atoms with Crippen LogP contribution in [0.1, 0.15) is 35.6 Å². The number of halogens is 4. The van der Waals surface area contributed by atoms with Crippen LogP contribution in [-0.4, -0.2) is 32.8 Å². The monoisotopic (exact) mass is 471 g/mol. The minimum Gasteiger partial charge on any atom is -0.346 e. The van der Waals surface area contributed by atoms with E-state index in [1.165, 1.54) is 18.2 Å². The SMILES string of the molecule is FC(F)(F)c1cccc(Cl)c1/C=C/c1c[nH]c2ncc(-c3cnn(C4CCNCC4)c3)cc12. The van der Waals surface area contributed by atoms with E-state index in [4.69, 9.17) is 11.6 Å². The first-order valence-electron chi connectivity index (χ1n) is 10.7. The summed E-state index contributed by atoms with van der Waals surface area (Å²) in [7, 11) is 0. The predicted octanol–water partition coefficient (Wildman–Crippen LogP) is 6.19. The van der Waals surface area contributed by atoms with E-state index in [1.54, 1.807) is 18.5 Å². The molecule has 0 amide bonds. The Kier molecular flexibility index (Phi) is 5.72. The van der Waals surface area contributed by atoms with Crippen LogP contribution in [0.3, 0.4) is 0 Å². The Morgan fingerprint density at radius 2 is 1.91 bits per heavy atom. The van der Waals surface area contributed by atoms with Crippen LogP contribution >= 0.6 is 11.6 Å². The molecule has 0 radical (unpaired) electrons. The number of hydrogen-bond donors (Lipinski definition) is 2. The first-order valence-corrected chi connectivity index (χ1v) is 11.0. The molecule has 1 aromatic carbocycles. The van der Waals surface area contributed by atoms with Gasteiger partial charge in [0, 0.05) is 51.3 Å². The molecule has 9 heteroatoms. The van der Waals surface area contributed by atoms with Gasteiger partial charge in [0.15, 0.2) is 0 Å². The molecule has 0 spiro atoms. The lowest BCUT2D eigenvalue weighted by molar-refractivity contribution is -0.137. The lowest BCUT2D eigenvalue weighted by Crippen LogP contribution is -2.29. The molecule has 4 aromatic rings. The van der Waals surface area contributed by atoms with Gasteiger partial charge in [0.25, 0.3) is 0 Å². The molecule has 0 bridgehead atoms. The van der Waals surface area contributed by atoms with Crippen molar-refractivity contribution in [2.75, 3.05) is 13.1 Å². The number of rotatable bonds is 4. The molecule has 1 aliphatic heterocycles. The van der Waals surface area contributed by atoms with Gasteiger partial charge < -0.3 is 10.3 Å². The summed E-state index contributed by atoms with van der Waals surface area (Å²) in [4.78, 5) is 7.56. The molecule has 1 aliphatic rings. The molecule has 33 heavy (non-hydrogen) atoms. The highest BCUT2D eigenvalue weighted by molar-refractivity contribution is 6.32. The van der Waals surface area contributed by atoms with Gasteiger partial charge in [-0.15, -0.1) is 0 Å². The molecular weight excluding hydrogens is 451 g/mol. The summed E-state index contributed by atoms with van der Waals surface area (Å²) in [5.41, 5.74) is 2.39. The van der Waals surface area contributed by atoms with Crippen LogP contribution in [0.5, 0.6) is 0 Å². The number of hydrogen-bond acceptors (Lipinski definition) is 3. The largest absolute Gasteiger partial charge is 0.417 e. The van der Waals surface area contributed by atoms with Crippen molar-refractivity contribution < 1.29 is 13.2 Å². The van der Waals surface area contributed by atoms with E-state index in [1.807, 2.05) is 23.1 Å². The van der Waals surface area contributed by atoms with Crippen molar-refractivity contribution in [2.45, 2.75) is 25.1 Å². The molecule has 2 N–H and O–H groups in total. The molecule has 4 heterocycles. The Morgan fingerprint density at radius 1 is 1.09 bits per heavy atom. The maximum atomic E-state index is 13.4. The van der Waals surface area contributed by atoms with E-state index in [2.05, 4.69) is 20.4 Å². The fourth-order valence-electron chi connectivity index (χ4n) is 4.20. The van der Waals surface area contributed by atoms with E-state index in [0.29, 0.717) is 11.7 Å². The molecule has 3 aromatic heterocycles. The molecule has 0 aliphatic carbocycles. The normalized spacial score (nSPS) is 15.6. The summed E-state index contributed by atoms with van der Waals surface area (Å²) in [6, 6.07) is 6.13. The number of nitrogens with zero attached hydrogens (tertiary/aromatic N) is 3. The van der Waals surface area contributed by atoms with E-state index >= 15 is 0 Å². The van der Waals surface area contributed by atoms with Crippen LogP contribution in [0.25, 0.3) is 34.3 Å². The lowest BCUT2D eigenvalue weighted by Gasteiger charge is -2.22. The smallest absolute Gasteiger partial charge is 0.346 e. The second-order valence-corrected chi connectivity index (χ2v) is 8.49. The van der Waals surface area contributed by atoms with Gasteiger partial charge in [0.05, 0.1) is 17.8 Å². The van der Waals surface area contributed by atoms with E-state index < -0.39 is 11.7 Å². The molecule has 1 saturated heterocycles. The zero-order valence-corrected chi connectivity index (χ0v) is 18.3. The number of alkyl halides is 3. The summed E-state index contributed by atoms with van der Waals surface area (Å²) in [6.07, 6.45) is 7.95. The third-order valence-electron chi connectivity index (χ3n) is 5.97. The van der Waals surface area contributed by atoms with Crippen LogP contribution in [-0.2, 0) is 6.18 Å². The second-order valence-electron chi connectivity index (χ2n) is 8.09. The van der Waals surface area contributed by atoms with E-state index in [0.717, 1.165) is 54.1 Å². The fraction of sp³-hybridized carbons (Fsp3) is 0.250. The number of piperidine rings is 1. The van der Waals surface area contributed by atoms with Crippen molar-refractivity contribution in [3.8, 4) is 11.1 Å². The van der Waals surface area contributed by atoms with Crippen LogP contribution in [0.15, 0.2) is 49.1 Å². The van der Waals surface area contributed by atoms with E-state index in [-0.39, 0.29) is 10.6 Å². The number of H-pyrrole nitrogens is 1. The molecule has 170 valence electrons. The fourth-order valence-corrected chi connectivity index (χ4v) is 4.44. The zero-order chi connectivity index (χ0) is 23.0. The maximum Gasteiger partial charge on any atom is 0.417 e.